The fourth-order valence-corrected chi connectivity index (χ4v) is 7.04. The van der Waals surface area contributed by atoms with Gasteiger partial charge in [-0.3, -0.25) is 4.79 Å². The van der Waals surface area contributed by atoms with E-state index in [1.807, 2.05) is 26.8 Å². The molecule has 4 aliphatic rings. The first-order valence-electron chi connectivity index (χ1n) is 13.7. The fourth-order valence-electron chi connectivity index (χ4n) is 7.04. The Kier molecular flexibility index (Phi) is 7.23. The van der Waals surface area contributed by atoms with Crippen LogP contribution < -0.4 is 0 Å². The number of aliphatic hydroxyl groups excluding tert-OH is 1. The van der Waals surface area contributed by atoms with E-state index < -0.39 is 0 Å². The first-order valence-corrected chi connectivity index (χ1v) is 13.7. The molecule has 2 fully saturated rings. The number of aliphatic hydroxyl groups is 1. The Morgan fingerprint density at radius 2 is 1.71 bits per heavy atom. The minimum absolute atomic E-state index is 0.0157. The van der Waals surface area contributed by atoms with Crippen molar-refractivity contribution in [3.05, 3.63) is 58.2 Å². The highest BCUT2D eigenvalue weighted by atomic mass is 16.3. The van der Waals surface area contributed by atoms with Crippen LogP contribution in [0.4, 0.5) is 0 Å². The fraction of sp³-hybridized carbons (Fsp3) is 0.606. The zero-order valence-electron chi connectivity index (χ0n) is 22.7. The average molecular weight is 473 g/mol. The van der Waals surface area contributed by atoms with E-state index in [4.69, 9.17) is 6.42 Å². The molecule has 0 aromatic heterocycles. The summed E-state index contributed by atoms with van der Waals surface area (Å²) in [6.07, 6.45) is 13.7. The summed E-state index contributed by atoms with van der Waals surface area (Å²) in [5.41, 5.74) is 7.32. The highest BCUT2D eigenvalue weighted by Crippen LogP contribution is 2.63. The molecule has 5 unspecified atom stereocenters. The van der Waals surface area contributed by atoms with Gasteiger partial charge in [0.1, 0.15) is 0 Å². The van der Waals surface area contributed by atoms with E-state index in [9.17, 15) is 9.90 Å². The summed E-state index contributed by atoms with van der Waals surface area (Å²) in [5.74, 6) is 4.98. The van der Waals surface area contributed by atoms with E-state index in [1.54, 1.807) is 5.57 Å². The van der Waals surface area contributed by atoms with Crippen molar-refractivity contribution < 1.29 is 9.90 Å². The molecular weight excluding hydrogens is 428 g/mol. The van der Waals surface area contributed by atoms with Crippen molar-refractivity contribution in [2.24, 2.45) is 22.7 Å². The van der Waals surface area contributed by atoms with Gasteiger partial charge in [0.25, 0.3) is 0 Å². The zero-order chi connectivity index (χ0) is 25.5. The third kappa shape index (κ3) is 5.08. The number of hydrogen-bond donors (Lipinski definition) is 1. The van der Waals surface area contributed by atoms with Crippen LogP contribution in [0.3, 0.4) is 0 Å². The third-order valence-electron chi connectivity index (χ3n) is 9.12. The number of rotatable bonds is 2. The average Bonchev–Trinajstić information content (AvgIpc) is 3.12. The van der Waals surface area contributed by atoms with Crippen LogP contribution in [0.2, 0.25) is 0 Å². The summed E-state index contributed by atoms with van der Waals surface area (Å²) < 4.78 is 0. The Labute approximate surface area is 213 Å². The summed E-state index contributed by atoms with van der Waals surface area (Å²) in [7, 11) is 0. The molecule has 1 aromatic rings. The number of allylic oxidation sites excluding steroid dienone is 4. The van der Waals surface area contributed by atoms with E-state index in [0.717, 1.165) is 38.5 Å². The van der Waals surface area contributed by atoms with Crippen molar-refractivity contribution >= 4 is 5.78 Å². The van der Waals surface area contributed by atoms with Crippen molar-refractivity contribution in [3.8, 4) is 12.3 Å². The summed E-state index contributed by atoms with van der Waals surface area (Å²) in [4.78, 5) is 12.1. The Morgan fingerprint density at radius 1 is 1.06 bits per heavy atom. The molecule has 5 atom stereocenters. The van der Waals surface area contributed by atoms with Gasteiger partial charge in [-0.2, -0.15) is 0 Å². The lowest BCUT2D eigenvalue weighted by Gasteiger charge is -2.52. The van der Waals surface area contributed by atoms with Gasteiger partial charge in [-0.1, -0.05) is 50.6 Å². The van der Waals surface area contributed by atoms with Crippen molar-refractivity contribution in [1.82, 2.24) is 0 Å². The molecular formula is C33H44O2. The van der Waals surface area contributed by atoms with E-state index in [-0.39, 0.29) is 16.9 Å². The lowest BCUT2D eigenvalue weighted by Crippen LogP contribution is -2.45. The third-order valence-corrected chi connectivity index (χ3v) is 9.12. The Hall–Kier alpha value is -2.11. The first-order chi connectivity index (χ1) is 16.4. The molecule has 5 rings (SSSR count). The normalized spacial score (nSPS) is 32.1. The second-order valence-electron chi connectivity index (χ2n) is 12.9. The quantitative estimate of drug-likeness (QED) is 0.447. The Morgan fingerprint density at radius 3 is 2.31 bits per heavy atom. The molecule has 35 heavy (non-hydrogen) atoms. The van der Waals surface area contributed by atoms with Crippen LogP contribution >= 0.6 is 0 Å². The van der Waals surface area contributed by atoms with Crippen LogP contribution in [0.5, 0.6) is 0 Å². The van der Waals surface area contributed by atoms with E-state index in [2.05, 4.69) is 51.0 Å². The highest BCUT2D eigenvalue weighted by molar-refractivity contribution is 5.93. The van der Waals surface area contributed by atoms with E-state index >= 15 is 0 Å². The molecule has 0 amide bonds. The van der Waals surface area contributed by atoms with Crippen LogP contribution in [-0.2, 0) is 4.79 Å². The summed E-state index contributed by atoms with van der Waals surface area (Å²) in [6.45, 7) is 12.9. The number of hydrogen-bond acceptors (Lipinski definition) is 2. The molecule has 2 heteroatoms. The number of terminal acetylenes is 1. The van der Waals surface area contributed by atoms with Crippen molar-refractivity contribution in [3.63, 3.8) is 0 Å². The largest absolute Gasteiger partial charge is 0.393 e. The number of carbonyl (C=O) groups excluding carboxylic acids is 1. The summed E-state index contributed by atoms with van der Waals surface area (Å²) in [6, 6.07) is 9.26. The van der Waals surface area contributed by atoms with Gasteiger partial charge >= 0.3 is 0 Å². The second kappa shape index (κ2) is 9.74. The minimum Gasteiger partial charge on any atom is -0.393 e. The lowest BCUT2D eigenvalue weighted by molar-refractivity contribution is -0.114. The van der Waals surface area contributed by atoms with E-state index in [0.29, 0.717) is 35.9 Å². The second-order valence-corrected chi connectivity index (χ2v) is 12.9. The Bertz CT molecular complexity index is 1060. The van der Waals surface area contributed by atoms with Crippen molar-refractivity contribution in [2.45, 2.75) is 104 Å². The predicted octanol–water partition coefficient (Wildman–Crippen LogP) is 7.74. The van der Waals surface area contributed by atoms with Gasteiger partial charge in [0.05, 0.1) is 6.10 Å². The van der Waals surface area contributed by atoms with Gasteiger partial charge in [-0.05, 0) is 111 Å². The molecule has 2 nitrogen and oxygen atoms in total. The minimum atomic E-state index is -0.179. The van der Waals surface area contributed by atoms with Gasteiger partial charge in [-0.15, -0.1) is 12.3 Å². The molecule has 0 aliphatic heterocycles. The van der Waals surface area contributed by atoms with E-state index in [1.165, 1.54) is 22.3 Å². The Balaban J connectivity index is 0.000000431. The molecule has 0 spiro atoms. The smallest absolute Gasteiger partial charge is 0.156 e. The number of benzene rings is 1. The molecule has 0 saturated heterocycles. The SMILES string of the molecule is C#CC(C)(C)C.CC(C)c1ccc(C2CC3(C)C(O)CCC3C3CCC4=CC(=O)CCC4=C23)cc1. The standard InChI is InChI=1S/C27H34O2.C6H10/c1-16(2)17-4-6-18(7-5-17)23-15-27(3)24(12-13-25(27)29)22-10-8-19-14-20(28)9-11-21(19)26(22)23;1-5-6(2,3)4/h4-7,14,16,22-25,29H,8-13,15H2,1-3H3;1H,2-4H3. The maximum Gasteiger partial charge on any atom is 0.156 e. The van der Waals surface area contributed by atoms with Gasteiger partial charge < -0.3 is 5.11 Å². The number of ketones is 1. The first kappa shape index (κ1) is 26.0. The van der Waals surface area contributed by atoms with Crippen molar-refractivity contribution in [1.29, 1.82) is 0 Å². The topological polar surface area (TPSA) is 37.3 Å². The van der Waals surface area contributed by atoms with Crippen LogP contribution in [-0.4, -0.2) is 17.0 Å². The van der Waals surface area contributed by atoms with Gasteiger partial charge in [-0.25, -0.2) is 0 Å². The summed E-state index contributed by atoms with van der Waals surface area (Å²) in [5, 5.41) is 11.0. The molecule has 1 aromatic carbocycles. The monoisotopic (exact) mass is 472 g/mol. The van der Waals surface area contributed by atoms with Gasteiger partial charge in [0.2, 0.25) is 0 Å². The van der Waals surface area contributed by atoms with Crippen LogP contribution in [0, 0.1) is 35.0 Å². The molecule has 0 radical (unpaired) electrons. The number of carbonyl (C=O) groups is 1. The maximum absolute atomic E-state index is 12.1. The predicted molar refractivity (Wildman–Crippen MR) is 145 cm³/mol. The zero-order valence-corrected chi connectivity index (χ0v) is 22.7. The number of fused-ring (bicyclic) bond motifs is 4. The molecule has 188 valence electrons. The van der Waals surface area contributed by atoms with Crippen LogP contribution in [0.15, 0.2) is 47.1 Å². The molecule has 0 bridgehead atoms. The van der Waals surface area contributed by atoms with Crippen LogP contribution in [0.25, 0.3) is 0 Å². The van der Waals surface area contributed by atoms with Gasteiger partial charge in [0, 0.05) is 17.8 Å². The molecule has 4 aliphatic carbocycles. The van der Waals surface area contributed by atoms with Gasteiger partial charge in [0.15, 0.2) is 5.78 Å². The van der Waals surface area contributed by atoms with Crippen LogP contribution in [0.1, 0.15) is 109 Å². The summed E-state index contributed by atoms with van der Waals surface area (Å²) >= 11 is 0. The lowest BCUT2D eigenvalue weighted by atomic mass is 9.53. The maximum atomic E-state index is 12.1. The molecule has 0 heterocycles. The molecule has 1 N–H and O–H groups in total. The van der Waals surface area contributed by atoms with Crippen molar-refractivity contribution in [2.75, 3.05) is 0 Å². The highest BCUT2D eigenvalue weighted by Gasteiger charge is 2.56. The molecule has 2 saturated carbocycles.